The number of methoxy groups -OCH3 is 1. The van der Waals surface area contributed by atoms with Gasteiger partial charge in [0.1, 0.15) is 0 Å². The molecule has 3 aromatic rings. The molecule has 4 nitrogen and oxygen atoms in total. The Balaban J connectivity index is 1.76. The van der Waals surface area contributed by atoms with Gasteiger partial charge < -0.3 is 0 Å². The number of amides is 1. The molecule has 5 rings (SSSR count). The van der Waals surface area contributed by atoms with E-state index in [4.69, 9.17) is 4.74 Å². The molecule has 3 aromatic carbocycles. The van der Waals surface area contributed by atoms with Crippen LogP contribution >= 0.6 is 0 Å². The molecule has 1 amide bonds. The summed E-state index contributed by atoms with van der Waals surface area (Å²) in [4.78, 5) is 27.4. The fraction of sp³-hybridized carbons (Fsp3) is 0.172. The van der Waals surface area contributed by atoms with Crippen LogP contribution in [0.25, 0.3) is 0 Å². The van der Waals surface area contributed by atoms with Gasteiger partial charge in [0.05, 0.1) is 0 Å². The minimum atomic E-state index is -3.71. The summed E-state index contributed by atoms with van der Waals surface area (Å²) in [5.74, 6) is -0.179. The number of rotatable bonds is 5. The van der Waals surface area contributed by atoms with E-state index in [1.165, 1.54) is 17.8 Å². The topological polar surface area (TPSA) is 46.6 Å². The first kappa shape index (κ1) is 22.8. The van der Waals surface area contributed by atoms with Gasteiger partial charge in [0.2, 0.25) is 0 Å². The van der Waals surface area contributed by atoms with E-state index in [2.05, 4.69) is 76.9 Å². The van der Waals surface area contributed by atoms with Crippen LogP contribution < -0.4 is 10.7 Å². The summed E-state index contributed by atoms with van der Waals surface area (Å²) in [5, 5.41) is 0. The maximum absolute atomic E-state index is 13.0. The molecule has 0 bridgehead atoms. The third-order valence-corrected chi connectivity index (χ3v) is 19.9. The van der Waals surface area contributed by atoms with Crippen molar-refractivity contribution in [2.24, 2.45) is 0 Å². The SMILES string of the molecule is CO[C@H]1C(=O)N2C/C(=[CH]\[Sn]([c]3ccccc3)([c]3ccccc3)[c]3ccccc3)C(C)=CC(=O)[C@@H]12. The van der Waals surface area contributed by atoms with Crippen molar-refractivity contribution in [1.29, 1.82) is 0 Å². The van der Waals surface area contributed by atoms with Gasteiger partial charge in [-0.1, -0.05) is 0 Å². The number of hydrogen-bond donors (Lipinski definition) is 0. The van der Waals surface area contributed by atoms with Gasteiger partial charge in [-0.15, -0.1) is 0 Å². The van der Waals surface area contributed by atoms with E-state index >= 15 is 0 Å². The van der Waals surface area contributed by atoms with Gasteiger partial charge in [-0.25, -0.2) is 0 Å². The number of benzene rings is 3. The second-order valence-electron chi connectivity index (χ2n) is 8.87. The van der Waals surface area contributed by atoms with Crippen molar-refractivity contribution >= 4 is 40.8 Å². The Bertz CT molecular complexity index is 1170. The quantitative estimate of drug-likeness (QED) is 0.359. The Labute approximate surface area is 204 Å². The van der Waals surface area contributed by atoms with Gasteiger partial charge in [-0.2, -0.15) is 0 Å². The first-order chi connectivity index (χ1) is 16.6. The Morgan fingerprint density at radius 2 is 1.29 bits per heavy atom. The van der Waals surface area contributed by atoms with E-state index in [-0.39, 0.29) is 11.7 Å². The molecule has 2 aliphatic heterocycles. The van der Waals surface area contributed by atoms with Crippen LogP contribution in [0.15, 0.2) is 112 Å². The van der Waals surface area contributed by atoms with Crippen molar-refractivity contribution in [3.05, 3.63) is 112 Å². The summed E-state index contributed by atoms with van der Waals surface area (Å²) in [6.07, 6.45) is 1.02. The van der Waals surface area contributed by atoms with Crippen molar-refractivity contribution in [3.63, 3.8) is 0 Å². The van der Waals surface area contributed by atoms with Crippen LogP contribution in [0.3, 0.4) is 0 Å². The minimum absolute atomic E-state index is 0.0627. The second-order valence-corrected chi connectivity index (χ2v) is 19.3. The van der Waals surface area contributed by atoms with E-state index in [1.54, 1.807) is 11.0 Å². The summed E-state index contributed by atoms with van der Waals surface area (Å²) in [6, 6.07) is 31.6. The molecular weight excluding hydrogens is 529 g/mol. The van der Waals surface area contributed by atoms with Gasteiger partial charge >= 0.3 is 205 Å². The molecule has 2 aliphatic rings. The van der Waals surface area contributed by atoms with Crippen molar-refractivity contribution in [1.82, 2.24) is 4.90 Å². The maximum atomic E-state index is 13.0. The Morgan fingerprint density at radius 1 is 0.824 bits per heavy atom. The summed E-state index contributed by atoms with van der Waals surface area (Å²) >= 11 is -3.71. The van der Waals surface area contributed by atoms with Crippen molar-refractivity contribution < 1.29 is 14.3 Å². The number of fused-ring (bicyclic) bond motifs is 1. The molecule has 0 aliphatic carbocycles. The molecule has 34 heavy (non-hydrogen) atoms. The van der Waals surface area contributed by atoms with Crippen LogP contribution in [0.1, 0.15) is 6.92 Å². The standard InChI is InChI=1S/C11H12NO3.3C6H5.Sn/c1-6-4-8(13)9-10(15-3)11(14)12(9)5-7(6)2;3*1-2-4-6-5-3-1;/h2,4,9-10H,5H2,1,3H3;3*1-5H;/t9-,10+;;;;/m0..../s1. The van der Waals surface area contributed by atoms with E-state index in [1.807, 2.05) is 25.1 Å². The van der Waals surface area contributed by atoms with Crippen molar-refractivity contribution in [2.75, 3.05) is 13.7 Å². The summed E-state index contributed by atoms with van der Waals surface area (Å²) in [5.41, 5.74) is 1.97. The van der Waals surface area contributed by atoms with Crippen LogP contribution in [0, 0.1) is 0 Å². The molecule has 2 heterocycles. The average molecular weight is 556 g/mol. The molecule has 1 saturated heterocycles. The normalized spacial score (nSPS) is 21.5. The second kappa shape index (κ2) is 9.35. The molecule has 170 valence electrons. The number of carbonyl (C=O) groups excluding carboxylic acids is 2. The van der Waals surface area contributed by atoms with E-state index in [0.29, 0.717) is 6.54 Å². The number of carbonyl (C=O) groups is 2. The van der Waals surface area contributed by atoms with Gasteiger partial charge in [-0.3, -0.25) is 0 Å². The van der Waals surface area contributed by atoms with E-state index in [0.717, 1.165) is 11.1 Å². The molecule has 5 heteroatoms. The van der Waals surface area contributed by atoms with Crippen molar-refractivity contribution in [2.45, 2.75) is 19.1 Å². The fourth-order valence-corrected chi connectivity index (χ4v) is 18.0. The zero-order valence-electron chi connectivity index (χ0n) is 19.3. The Kier molecular flexibility index (Phi) is 6.28. The number of ketones is 1. The van der Waals surface area contributed by atoms with Gasteiger partial charge in [0.25, 0.3) is 0 Å². The van der Waals surface area contributed by atoms with Crippen LogP contribution in [-0.4, -0.2) is 60.8 Å². The zero-order valence-corrected chi connectivity index (χ0v) is 22.2. The molecular formula is C29H27NO3Sn. The summed E-state index contributed by atoms with van der Waals surface area (Å²) in [6.45, 7) is 2.40. The fourth-order valence-electron chi connectivity index (χ4n) is 5.20. The predicted molar refractivity (Wildman–Crippen MR) is 137 cm³/mol. The predicted octanol–water partition coefficient (Wildman–Crippen LogP) is 2.38. The van der Waals surface area contributed by atoms with Crippen LogP contribution in [0.5, 0.6) is 0 Å². The molecule has 0 aromatic heterocycles. The molecule has 0 unspecified atom stereocenters. The monoisotopic (exact) mass is 557 g/mol. The zero-order chi connectivity index (χ0) is 23.7. The number of hydrogen-bond acceptors (Lipinski definition) is 3. The Morgan fingerprint density at radius 3 is 1.74 bits per heavy atom. The Hall–Kier alpha value is -2.96. The van der Waals surface area contributed by atoms with Gasteiger partial charge in [0, 0.05) is 0 Å². The third-order valence-electron chi connectivity index (χ3n) is 6.98. The van der Waals surface area contributed by atoms with Gasteiger partial charge in [0.15, 0.2) is 0 Å². The summed E-state index contributed by atoms with van der Waals surface area (Å²) < 4.78 is 11.7. The molecule has 0 saturated carbocycles. The van der Waals surface area contributed by atoms with Gasteiger partial charge in [-0.05, 0) is 0 Å². The average Bonchev–Trinajstić information content (AvgIpc) is 2.98. The number of β-lactam (4-membered cyclic amide) rings is 1. The van der Waals surface area contributed by atoms with Crippen LogP contribution in [0.2, 0.25) is 0 Å². The van der Waals surface area contributed by atoms with Crippen molar-refractivity contribution in [3.8, 4) is 0 Å². The van der Waals surface area contributed by atoms with E-state index in [9.17, 15) is 9.59 Å². The molecule has 0 N–H and O–H groups in total. The first-order valence-corrected chi connectivity index (χ1v) is 17.4. The number of ether oxygens (including phenoxy) is 1. The molecule has 2 atom stereocenters. The number of nitrogens with zero attached hydrogens (tertiary/aromatic N) is 1. The molecule has 0 spiro atoms. The van der Waals surface area contributed by atoms with Crippen LogP contribution in [-0.2, 0) is 14.3 Å². The third kappa shape index (κ3) is 3.75. The van der Waals surface area contributed by atoms with Crippen LogP contribution in [0.4, 0.5) is 0 Å². The molecule has 0 radical (unpaired) electrons. The molecule has 1 fully saturated rings. The summed E-state index contributed by atoms with van der Waals surface area (Å²) in [7, 11) is 1.49. The first-order valence-electron chi connectivity index (χ1n) is 11.5. The van der Waals surface area contributed by atoms with E-state index < -0.39 is 30.5 Å².